The molecule has 2 aromatic heterocycles. The van der Waals surface area contributed by atoms with Crippen molar-refractivity contribution < 1.29 is 0 Å². The molecule has 0 aliphatic rings. The maximum absolute atomic E-state index is 9.73. The minimum Gasteiger partial charge on any atom is -0.308 e. The molecule has 0 aliphatic carbocycles. The molecule has 7 heteroatoms. The molecule has 0 aliphatic heterocycles. The fraction of sp³-hybridized carbons (Fsp3) is 0. The van der Waals surface area contributed by atoms with Crippen LogP contribution in [0.2, 0.25) is 0 Å². The molecular formula is C48H27N7. The SMILES string of the molecule is [C-]#[N+]c1ccc(-c2cc(-c3nc(-c4ccccc4)nc(-c4ccccc4)n3)cc(-c3ccc(C#N)cc3)c2-n2c3ccccc3c3cc([N+]#[C-])ccc32)cc1. The monoisotopic (exact) mass is 701 g/mol. The lowest BCUT2D eigenvalue weighted by Crippen LogP contribution is -2.04. The highest BCUT2D eigenvalue weighted by Gasteiger charge is 2.23. The van der Waals surface area contributed by atoms with Crippen LogP contribution in [0.3, 0.4) is 0 Å². The van der Waals surface area contributed by atoms with Crippen LogP contribution in [0.25, 0.3) is 93.6 Å². The Balaban J connectivity index is 1.42. The van der Waals surface area contributed by atoms with E-state index in [2.05, 4.69) is 44.6 Å². The highest BCUT2D eigenvalue weighted by Crippen LogP contribution is 2.44. The Morgan fingerprint density at radius 3 is 1.51 bits per heavy atom. The quantitative estimate of drug-likeness (QED) is 0.162. The van der Waals surface area contributed by atoms with Gasteiger partial charge in [0, 0.05) is 33.2 Å². The molecule has 7 nitrogen and oxygen atoms in total. The number of nitriles is 1. The van der Waals surface area contributed by atoms with Gasteiger partial charge in [-0.15, -0.1) is 0 Å². The lowest BCUT2D eigenvalue weighted by molar-refractivity contribution is 1.07. The van der Waals surface area contributed by atoms with E-state index in [4.69, 9.17) is 28.1 Å². The zero-order valence-corrected chi connectivity index (χ0v) is 29.2. The van der Waals surface area contributed by atoms with Crippen LogP contribution in [0, 0.1) is 24.5 Å². The summed E-state index contributed by atoms with van der Waals surface area (Å²) < 4.78 is 2.26. The Hall–Kier alpha value is -8.18. The summed E-state index contributed by atoms with van der Waals surface area (Å²) in [5.41, 5.74) is 10.5. The van der Waals surface area contributed by atoms with Crippen molar-refractivity contribution in [2.45, 2.75) is 0 Å². The molecule has 254 valence electrons. The minimum absolute atomic E-state index is 0.497. The van der Waals surface area contributed by atoms with Gasteiger partial charge in [0.25, 0.3) is 0 Å². The smallest absolute Gasteiger partial charge is 0.188 e. The third-order valence-electron chi connectivity index (χ3n) is 9.71. The second-order valence-electron chi connectivity index (χ2n) is 13.0. The Morgan fingerprint density at radius 2 is 0.945 bits per heavy atom. The molecule has 0 atom stereocenters. The van der Waals surface area contributed by atoms with Gasteiger partial charge in [0.2, 0.25) is 0 Å². The van der Waals surface area contributed by atoms with Crippen molar-refractivity contribution in [3.05, 3.63) is 192 Å². The highest BCUT2D eigenvalue weighted by atomic mass is 15.0. The van der Waals surface area contributed by atoms with Crippen molar-refractivity contribution in [2.24, 2.45) is 0 Å². The van der Waals surface area contributed by atoms with E-state index >= 15 is 0 Å². The molecule has 0 fully saturated rings. The summed E-state index contributed by atoms with van der Waals surface area (Å²) in [5.74, 6) is 1.60. The first-order chi connectivity index (χ1) is 27.1. The average molecular weight is 702 g/mol. The summed E-state index contributed by atoms with van der Waals surface area (Å²) in [5, 5.41) is 11.7. The van der Waals surface area contributed by atoms with Gasteiger partial charge in [-0.2, -0.15) is 5.26 Å². The molecule has 0 N–H and O–H groups in total. The van der Waals surface area contributed by atoms with E-state index in [1.165, 1.54) is 0 Å². The zero-order chi connectivity index (χ0) is 37.3. The number of fused-ring (bicyclic) bond motifs is 3. The van der Waals surface area contributed by atoms with Gasteiger partial charge in [0.1, 0.15) is 0 Å². The van der Waals surface area contributed by atoms with Crippen molar-refractivity contribution in [1.82, 2.24) is 19.5 Å². The summed E-state index contributed by atoms with van der Waals surface area (Å²) in [7, 11) is 0. The van der Waals surface area contributed by atoms with E-state index in [1.54, 1.807) is 0 Å². The van der Waals surface area contributed by atoms with E-state index in [-0.39, 0.29) is 0 Å². The summed E-state index contributed by atoms with van der Waals surface area (Å²) in [4.78, 5) is 22.5. The number of aromatic nitrogens is 4. The van der Waals surface area contributed by atoms with E-state index in [0.717, 1.165) is 66.4 Å². The molecule has 55 heavy (non-hydrogen) atoms. The topological polar surface area (TPSA) is 76.1 Å². The van der Waals surface area contributed by atoms with Crippen molar-refractivity contribution in [3.63, 3.8) is 0 Å². The molecule has 7 aromatic carbocycles. The number of hydrogen-bond acceptors (Lipinski definition) is 4. The van der Waals surface area contributed by atoms with Gasteiger partial charge in [-0.1, -0.05) is 121 Å². The van der Waals surface area contributed by atoms with E-state index in [9.17, 15) is 5.26 Å². The van der Waals surface area contributed by atoms with Gasteiger partial charge < -0.3 is 4.57 Å². The molecule has 0 bridgehead atoms. The summed E-state index contributed by atoms with van der Waals surface area (Å²) in [6.07, 6.45) is 0. The number of para-hydroxylation sites is 1. The van der Waals surface area contributed by atoms with Crippen LogP contribution in [0.15, 0.2) is 164 Å². The van der Waals surface area contributed by atoms with Crippen LogP contribution in [-0.4, -0.2) is 19.5 Å². The van der Waals surface area contributed by atoms with Gasteiger partial charge in [-0.25, -0.2) is 24.6 Å². The third-order valence-corrected chi connectivity index (χ3v) is 9.71. The molecule has 0 saturated carbocycles. The maximum Gasteiger partial charge on any atom is 0.188 e. The number of hydrogen-bond donors (Lipinski definition) is 0. The second kappa shape index (κ2) is 13.7. The normalized spacial score (nSPS) is 10.9. The highest BCUT2D eigenvalue weighted by molar-refractivity contribution is 6.11. The summed E-state index contributed by atoms with van der Waals surface area (Å²) in [6.45, 7) is 15.4. The molecule has 2 heterocycles. The van der Waals surface area contributed by atoms with E-state index in [0.29, 0.717) is 34.4 Å². The lowest BCUT2D eigenvalue weighted by atomic mass is 9.92. The van der Waals surface area contributed by atoms with Crippen LogP contribution in [-0.2, 0) is 0 Å². The fourth-order valence-electron chi connectivity index (χ4n) is 7.09. The molecule has 0 saturated heterocycles. The van der Waals surface area contributed by atoms with Gasteiger partial charge >= 0.3 is 0 Å². The minimum atomic E-state index is 0.497. The van der Waals surface area contributed by atoms with Crippen molar-refractivity contribution in [1.29, 1.82) is 5.26 Å². The van der Waals surface area contributed by atoms with Crippen LogP contribution >= 0.6 is 0 Å². The van der Waals surface area contributed by atoms with Crippen LogP contribution in [0.4, 0.5) is 11.4 Å². The summed E-state index contributed by atoms with van der Waals surface area (Å²) in [6, 6.07) is 55.5. The van der Waals surface area contributed by atoms with E-state index in [1.807, 2.05) is 140 Å². The molecule has 9 aromatic rings. The molecule has 0 unspecified atom stereocenters. The Labute approximate surface area is 317 Å². The van der Waals surface area contributed by atoms with Crippen LogP contribution in [0.1, 0.15) is 5.56 Å². The molecule has 0 amide bonds. The van der Waals surface area contributed by atoms with Crippen molar-refractivity contribution >= 4 is 33.2 Å². The molecule has 0 spiro atoms. The Bertz CT molecular complexity index is 2900. The Morgan fingerprint density at radius 1 is 0.455 bits per heavy atom. The number of rotatable bonds is 6. The van der Waals surface area contributed by atoms with Crippen molar-refractivity contribution in [2.75, 3.05) is 0 Å². The predicted molar refractivity (Wildman–Crippen MR) is 219 cm³/mol. The molecular weight excluding hydrogens is 675 g/mol. The van der Waals surface area contributed by atoms with Crippen molar-refractivity contribution in [3.8, 4) is 68.2 Å². The average Bonchev–Trinajstić information content (AvgIpc) is 3.59. The van der Waals surface area contributed by atoms with Crippen LogP contribution in [0.5, 0.6) is 0 Å². The zero-order valence-electron chi connectivity index (χ0n) is 29.2. The van der Waals surface area contributed by atoms with Crippen LogP contribution < -0.4 is 0 Å². The fourth-order valence-corrected chi connectivity index (χ4v) is 7.09. The number of nitrogens with zero attached hydrogens (tertiary/aromatic N) is 7. The maximum atomic E-state index is 9.73. The summed E-state index contributed by atoms with van der Waals surface area (Å²) >= 11 is 0. The first-order valence-corrected chi connectivity index (χ1v) is 17.6. The lowest BCUT2D eigenvalue weighted by Gasteiger charge is -2.21. The number of benzene rings is 7. The second-order valence-corrected chi connectivity index (χ2v) is 13.0. The van der Waals surface area contributed by atoms with Gasteiger partial charge in [0.05, 0.1) is 41.5 Å². The third kappa shape index (κ3) is 5.93. The standard InChI is InChI=1S/C48H27N7/c1-50-37-23-21-33(22-24-37)41-28-36(48-53-46(34-11-5-3-6-12-34)52-47(54-48)35-13-7-4-8-14-35)27-40(32-19-17-31(30-49)18-20-32)45(41)55-43-16-10-9-15-39(43)42-29-38(51-2)25-26-44(42)55/h3-29H. The Kier molecular flexibility index (Phi) is 8.18. The first-order valence-electron chi connectivity index (χ1n) is 17.6. The van der Waals surface area contributed by atoms with Gasteiger partial charge in [-0.3, -0.25) is 0 Å². The molecule has 0 radical (unpaired) electrons. The largest absolute Gasteiger partial charge is 0.308 e. The predicted octanol–water partition coefficient (Wildman–Crippen LogP) is 12.3. The van der Waals surface area contributed by atoms with Gasteiger partial charge in [-0.05, 0) is 59.0 Å². The van der Waals surface area contributed by atoms with Gasteiger partial charge in [0.15, 0.2) is 28.8 Å². The van der Waals surface area contributed by atoms with E-state index < -0.39 is 0 Å². The first kappa shape index (κ1) is 32.7. The molecule has 9 rings (SSSR count).